The highest BCUT2D eigenvalue weighted by Gasteiger charge is 2.16. The Kier molecular flexibility index (Phi) is 3.42. The molecular formula is C19H17N3O. The fourth-order valence-electron chi connectivity index (χ4n) is 3.03. The average Bonchev–Trinajstić information content (AvgIpc) is 2.74. The van der Waals surface area contributed by atoms with Crippen LogP contribution in [0.25, 0.3) is 11.3 Å². The van der Waals surface area contributed by atoms with Crippen molar-refractivity contribution in [1.29, 1.82) is 0 Å². The molecule has 3 aromatic rings. The van der Waals surface area contributed by atoms with Gasteiger partial charge in [-0.05, 0) is 42.5 Å². The summed E-state index contributed by atoms with van der Waals surface area (Å²) >= 11 is 0. The molecule has 0 spiro atoms. The summed E-state index contributed by atoms with van der Waals surface area (Å²) < 4.78 is 0. The minimum atomic E-state index is 0.218. The first-order valence-corrected chi connectivity index (χ1v) is 7.80. The first-order chi connectivity index (χ1) is 11.3. The fraction of sp³-hybridized carbons (Fsp3) is 0.158. The molecule has 4 rings (SSSR count). The molecular weight excluding hydrogens is 286 g/mol. The summed E-state index contributed by atoms with van der Waals surface area (Å²) in [5.41, 5.74) is 5.51. The Hall–Kier alpha value is -2.88. The fourth-order valence-corrected chi connectivity index (χ4v) is 3.03. The van der Waals surface area contributed by atoms with Gasteiger partial charge in [0.05, 0.1) is 5.69 Å². The van der Waals surface area contributed by atoms with E-state index < -0.39 is 0 Å². The van der Waals surface area contributed by atoms with Gasteiger partial charge in [0.25, 0.3) is 0 Å². The first kappa shape index (κ1) is 13.8. The number of aromatic nitrogens is 2. The van der Waals surface area contributed by atoms with Gasteiger partial charge in [-0.1, -0.05) is 30.3 Å². The second-order valence-electron chi connectivity index (χ2n) is 5.75. The summed E-state index contributed by atoms with van der Waals surface area (Å²) in [7, 11) is 0. The van der Waals surface area contributed by atoms with Crippen LogP contribution in [0.5, 0.6) is 5.75 Å². The van der Waals surface area contributed by atoms with Gasteiger partial charge in [0.1, 0.15) is 5.75 Å². The molecule has 1 aromatic heterocycles. The van der Waals surface area contributed by atoms with E-state index in [9.17, 15) is 5.11 Å². The number of aryl methyl sites for hydroxylation is 2. The van der Waals surface area contributed by atoms with Gasteiger partial charge in [-0.25, -0.2) is 9.97 Å². The second-order valence-corrected chi connectivity index (χ2v) is 5.75. The van der Waals surface area contributed by atoms with Crippen LogP contribution < -0.4 is 5.32 Å². The molecule has 0 fully saturated rings. The molecule has 2 aromatic carbocycles. The average molecular weight is 303 g/mol. The molecule has 0 aliphatic heterocycles. The van der Waals surface area contributed by atoms with Gasteiger partial charge in [0.15, 0.2) is 0 Å². The lowest BCUT2D eigenvalue weighted by molar-refractivity contribution is 0.475. The standard InChI is InChI=1S/C19H17N3O/c23-16-9-4-8-15(11-16)21-19-20-12-14-7-3-6-13-5-1-2-10-17(13)18(14)22-19/h1-2,4-5,8-12,23H,3,6-7H2,(H,20,21,22). The monoisotopic (exact) mass is 303 g/mol. The van der Waals surface area contributed by atoms with Gasteiger partial charge in [-0.15, -0.1) is 0 Å². The van der Waals surface area contributed by atoms with Crippen LogP contribution in [-0.4, -0.2) is 15.1 Å². The highest BCUT2D eigenvalue weighted by atomic mass is 16.3. The predicted octanol–water partition coefficient (Wildman–Crippen LogP) is 4.08. The van der Waals surface area contributed by atoms with Gasteiger partial charge in [-0.3, -0.25) is 0 Å². The number of nitrogens with zero attached hydrogens (tertiary/aromatic N) is 2. The van der Waals surface area contributed by atoms with E-state index >= 15 is 0 Å². The lowest BCUT2D eigenvalue weighted by atomic mass is 10.0. The van der Waals surface area contributed by atoms with Crippen molar-refractivity contribution in [2.45, 2.75) is 19.3 Å². The van der Waals surface area contributed by atoms with Crippen LogP contribution >= 0.6 is 0 Å². The summed E-state index contributed by atoms with van der Waals surface area (Å²) in [4.78, 5) is 9.16. The predicted molar refractivity (Wildman–Crippen MR) is 90.9 cm³/mol. The topological polar surface area (TPSA) is 58.0 Å². The highest BCUT2D eigenvalue weighted by Crippen LogP contribution is 2.31. The molecule has 4 nitrogen and oxygen atoms in total. The number of hydrogen-bond acceptors (Lipinski definition) is 4. The van der Waals surface area contributed by atoms with Crippen molar-refractivity contribution in [2.24, 2.45) is 0 Å². The third-order valence-corrected chi connectivity index (χ3v) is 4.13. The van der Waals surface area contributed by atoms with E-state index in [0.717, 1.165) is 30.6 Å². The maximum absolute atomic E-state index is 9.57. The maximum Gasteiger partial charge on any atom is 0.227 e. The lowest BCUT2D eigenvalue weighted by Gasteiger charge is -2.11. The Morgan fingerprint density at radius 2 is 1.83 bits per heavy atom. The molecule has 114 valence electrons. The third kappa shape index (κ3) is 2.75. The summed E-state index contributed by atoms with van der Waals surface area (Å²) in [6, 6.07) is 15.4. The molecule has 0 saturated heterocycles. The molecule has 2 N–H and O–H groups in total. The van der Waals surface area contributed by atoms with Crippen molar-refractivity contribution in [3.8, 4) is 17.0 Å². The number of fused-ring (bicyclic) bond motifs is 3. The van der Waals surface area contributed by atoms with E-state index in [0.29, 0.717) is 5.95 Å². The highest BCUT2D eigenvalue weighted by molar-refractivity contribution is 5.69. The summed E-state index contributed by atoms with van der Waals surface area (Å²) in [5.74, 6) is 0.765. The van der Waals surface area contributed by atoms with Gasteiger partial charge in [0, 0.05) is 23.5 Å². The quantitative estimate of drug-likeness (QED) is 0.749. The number of phenols is 1. The zero-order valence-corrected chi connectivity index (χ0v) is 12.7. The number of phenolic OH excluding ortho intramolecular Hbond substituents is 1. The number of benzene rings is 2. The molecule has 0 unspecified atom stereocenters. The van der Waals surface area contributed by atoms with Crippen LogP contribution in [0.1, 0.15) is 17.5 Å². The molecule has 0 bridgehead atoms. The van der Waals surface area contributed by atoms with E-state index in [1.54, 1.807) is 18.2 Å². The van der Waals surface area contributed by atoms with Crippen LogP contribution in [0.3, 0.4) is 0 Å². The number of anilines is 2. The van der Waals surface area contributed by atoms with E-state index in [4.69, 9.17) is 4.98 Å². The van der Waals surface area contributed by atoms with E-state index in [1.165, 1.54) is 16.7 Å². The number of rotatable bonds is 2. The van der Waals surface area contributed by atoms with Gasteiger partial charge >= 0.3 is 0 Å². The first-order valence-electron chi connectivity index (χ1n) is 7.80. The Morgan fingerprint density at radius 1 is 0.957 bits per heavy atom. The largest absolute Gasteiger partial charge is 0.508 e. The molecule has 1 aliphatic rings. The summed E-state index contributed by atoms with van der Waals surface area (Å²) in [6.45, 7) is 0. The molecule has 23 heavy (non-hydrogen) atoms. The normalized spacial score (nSPS) is 12.9. The van der Waals surface area contributed by atoms with Gasteiger partial charge < -0.3 is 10.4 Å². The molecule has 1 heterocycles. The van der Waals surface area contributed by atoms with Gasteiger partial charge in [-0.2, -0.15) is 0 Å². The van der Waals surface area contributed by atoms with Gasteiger partial charge in [0.2, 0.25) is 5.95 Å². The van der Waals surface area contributed by atoms with Crippen molar-refractivity contribution >= 4 is 11.6 Å². The van der Waals surface area contributed by atoms with Crippen molar-refractivity contribution in [3.05, 3.63) is 65.9 Å². The lowest BCUT2D eigenvalue weighted by Crippen LogP contribution is -2.01. The van der Waals surface area contributed by atoms with Crippen LogP contribution in [-0.2, 0) is 12.8 Å². The molecule has 0 saturated carbocycles. The molecule has 1 aliphatic carbocycles. The maximum atomic E-state index is 9.57. The van der Waals surface area contributed by atoms with Crippen molar-refractivity contribution in [1.82, 2.24) is 9.97 Å². The number of nitrogens with one attached hydrogen (secondary N) is 1. The Labute approximate surface area is 134 Å². The summed E-state index contributed by atoms with van der Waals surface area (Å²) in [6.07, 6.45) is 5.10. The van der Waals surface area contributed by atoms with Crippen molar-refractivity contribution in [2.75, 3.05) is 5.32 Å². The summed E-state index contributed by atoms with van der Waals surface area (Å²) in [5, 5.41) is 12.7. The Bertz CT molecular complexity index is 861. The smallest absolute Gasteiger partial charge is 0.227 e. The van der Waals surface area contributed by atoms with E-state index in [-0.39, 0.29) is 5.75 Å². The zero-order valence-electron chi connectivity index (χ0n) is 12.7. The van der Waals surface area contributed by atoms with Crippen LogP contribution in [0.4, 0.5) is 11.6 Å². The Morgan fingerprint density at radius 3 is 2.74 bits per heavy atom. The Balaban J connectivity index is 1.75. The van der Waals surface area contributed by atoms with Crippen molar-refractivity contribution in [3.63, 3.8) is 0 Å². The zero-order chi connectivity index (χ0) is 15.6. The molecule has 0 amide bonds. The number of aromatic hydroxyl groups is 1. The third-order valence-electron chi connectivity index (χ3n) is 4.13. The van der Waals surface area contributed by atoms with E-state index in [2.05, 4.69) is 34.6 Å². The van der Waals surface area contributed by atoms with Crippen LogP contribution in [0.15, 0.2) is 54.7 Å². The van der Waals surface area contributed by atoms with E-state index in [1.807, 2.05) is 12.3 Å². The minimum absolute atomic E-state index is 0.218. The number of hydrogen-bond donors (Lipinski definition) is 2. The van der Waals surface area contributed by atoms with Crippen LogP contribution in [0.2, 0.25) is 0 Å². The second kappa shape index (κ2) is 5.72. The van der Waals surface area contributed by atoms with Crippen LogP contribution in [0, 0.1) is 0 Å². The molecule has 4 heteroatoms. The molecule has 0 radical (unpaired) electrons. The molecule has 0 atom stereocenters. The SMILES string of the molecule is Oc1cccc(Nc2ncc3c(n2)-c2ccccc2CCC3)c1. The minimum Gasteiger partial charge on any atom is -0.508 e. The van der Waals surface area contributed by atoms with Crippen molar-refractivity contribution < 1.29 is 5.11 Å².